The molecule has 0 aliphatic heterocycles. The fourth-order valence-corrected chi connectivity index (χ4v) is 2.40. The number of nitrogens with one attached hydrogen (secondary N) is 2. The lowest BCUT2D eigenvalue weighted by atomic mass is 10.4. The van der Waals surface area contributed by atoms with E-state index >= 15 is 0 Å². The summed E-state index contributed by atoms with van der Waals surface area (Å²) < 4.78 is 1.85. The van der Waals surface area contributed by atoms with Gasteiger partial charge in [-0.05, 0) is 6.92 Å². The Balaban J connectivity index is 2.02. The lowest BCUT2D eigenvalue weighted by Gasteiger charge is -2.03. The highest BCUT2D eigenvalue weighted by atomic mass is 32.1. The summed E-state index contributed by atoms with van der Waals surface area (Å²) in [5, 5.41) is 6.47. The first-order valence-electron chi connectivity index (χ1n) is 5.86. The number of rotatable bonds is 5. The maximum absolute atomic E-state index is 12.0. The minimum atomic E-state index is -0.234. The van der Waals surface area contributed by atoms with Crippen molar-refractivity contribution in [1.82, 2.24) is 19.9 Å². The summed E-state index contributed by atoms with van der Waals surface area (Å²) in [7, 11) is 1.87. The quantitative estimate of drug-likeness (QED) is 0.753. The zero-order chi connectivity index (χ0) is 13.8. The molecule has 0 saturated heterocycles. The van der Waals surface area contributed by atoms with Gasteiger partial charge in [-0.15, -0.1) is 0 Å². The Morgan fingerprint density at radius 2 is 2.37 bits per heavy atom. The van der Waals surface area contributed by atoms with Gasteiger partial charge in [-0.3, -0.25) is 4.79 Å². The molecule has 19 heavy (non-hydrogen) atoms. The molecule has 2 aromatic heterocycles. The van der Waals surface area contributed by atoms with Crippen molar-refractivity contribution in [3.8, 4) is 0 Å². The van der Waals surface area contributed by atoms with E-state index in [-0.39, 0.29) is 11.7 Å². The average Bonchev–Trinajstić information content (AvgIpc) is 2.93. The van der Waals surface area contributed by atoms with E-state index in [0.717, 1.165) is 12.4 Å². The highest BCUT2D eigenvalue weighted by Gasteiger charge is 2.16. The Kier molecular flexibility index (Phi) is 4.00. The van der Waals surface area contributed by atoms with Crippen molar-refractivity contribution >= 4 is 28.2 Å². The van der Waals surface area contributed by atoms with Crippen LogP contribution in [0.2, 0.25) is 0 Å². The fraction of sp³-hybridized carbons (Fsp3) is 0.364. The number of nitrogen functional groups attached to an aromatic ring is 1. The minimum absolute atomic E-state index is 0.234. The normalized spacial score (nSPS) is 10.4. The van der Waals surface area contributed by atoms with Gasteiger partial charge in [0.25, 0.3) is 5.91 Å². The van der Waals surface area contributed by atoms with Crippen LogP contribution in [0.25, 0.3) is 0 Å². The second kappa shape index (κ2) is 5.70. The van der Waals surface area contributed by atoms with Gasteiger partial charge in [0.15, 0.2) is 5.13 Å². The van der Waals surface area contributed by atoms with Crippen LogP contribution in [-0.2, 0) is 13.6 Å². The van der Waals surface area contributed by atoms with E-state index in [1.54, 1.807) is 6.20 Å². The summed E-state index contributed by atoms with van der Waals surface area (Å²) >= 11 is 1.25. The van der Waals surface area contributed by atoms with Crippen LogP contribution in [-0.4, -0.2) is 27.0 Å². The second-order valence-electron chi connectivity index (χ2n) is 3.90. The molecule has 0 aliphatic carbocycles. The molecular formula is C11H16N6OS. The van der Waals surface area contributed by atoms with E-state index in [0.29, 0.717) is 16.6 Å². The third-order valence-electron chi connectivity index (χ3n) is 2.52. The number of thiazole rings is 1. The van der Waals surface area contributed by atoms with Crippen molar-refractivity contribution in [1.29, 1.82) is 0 Å². The molecule has 2 rings (SSSR count). The molecule has 0 saturated carbocycles. The molecule has 0 aliphatic rings. The van der Waals surface area contributed by atoms with Crippen molar-refractivity contribution in [2.24, 2.45) is 7.05 Å². The van der Waals surface area contributed by atoms with Gasteiger partial charge >= 0.3 is 0 Å². The van der Waals surface area contributed by atoms with Gasteiger partial charge in [0.2, 0.25) is 0 Å². The number of hydrogen-bond acceptors (Lipinski definition) is 6. The number of amides is 1. The van der Waals surface area contributed by atoms with Crippen LogP contribution in [0.5, 0.6) is 0 Å². The molecule has 2 aromatic rings. The summed E-state index contributed by atoms with van der Waals surface area (Å²) in [4.78, 5) is 20.6. The number of hydrogen-bond donors (Lipinski definition) is 3. The average molecular weight is 280 g/mol. The molecule has 102 valence electrons. The predicted octanol–water partition coefficient (Wildman–Crippen LogP) is 0.821. The lowest BCUT2D eigenvalue weighted by Crippen LogP contribution is -2.24. The van der Waals surface area contributed by atoms with Crippen LogP contribution < -0.4 is 16.4 Å². The molecule has 0 atom stereocenters. The summed E-state index contributed by atoms with van der Waals surface area (Å²) in [5.74, 6) is 0.795. The highest BCUT2D eigenvalue weighted by molar-refractivity contribution is 7.18. The van der Waals surface area contributed by atoms with E-state index in [9.17, 15) is 4.79 Å². The van der Waals surface area contributed by atoms with Crippen LogP contribution >= 0.6 is 11.3 Å². The molecule has 0 unspecified atom stereocenters. The van der Waals surface area contributed by atoms with E-state index in [2.05, 4.69) is 20.6 Å². The Labute approximate surface area is 114 Å². The molecule has 2 heterocycles. The third kappa shape index (κ3) is 3.02. The van der Waals surface area contributed by atoms with E-state index in [1.165, 1.54) is 11.3 Å². The van der Waals surface area contributed by atoms with Gasteiger partial charge in [-0.25, -0.2) is 9.97 Å². The first-order valence-corrected chi connectivity index (χ1v) is 6.68. The van der Waals surface area contributed by atoms with Crippen LogP contribution in [0.1, 0.15) is 22.4 Å². The third-order valence-corrected chi connectivity index (χ3v) is 3.54. The van der Waals surface area contributed by atoms with Gasteiger partial charge in [-0.1, -0.05) is 11.3 Å². The number of anilines is 2. The van der Waals surface area contributed by atoms with E-state index in [1.807, 2.05) is 24.7 Å². The number of imidazole rings is 1. The monoisotopic (exact) mass is 280 g/mol. The number of aryl methyl sites for hydroxylation is 1. The number of carbonyl (C=O) groups excluding carboxylic acids is 1. The maximum Gasteiger partial charge on any atom is 0.265 e. The van der Waals surface area contributed by atoms with Crippen molar-refractivity contribution in [2.45, 2.75) is 13.5 Å². The largest absolute Gasteiger partial charge is 0.382 e. The fourth-order valence-electron chi connectivity index (χ4n) is 1.53. The minimum Gasteiger partial charge on any atom is -0.382 e. The molecule has 4 N–H and O–H groups in total. The number of carbonyl (C=O) groups is 1. The predicted molar refractivity (Wildman–Crippen MR) is 75.1 cm³/mol. The Morgan fingerprint density at radius 1 is 1.58 bits per heavy atom. The first-order chi connectivity index (χ1) is 9.11. The highest BCUT2D eigenvalue weighted by Crippen LogP contribution is 2.24. The van der Waals surface area contributed by atoms with Gasteiger partial charge in [0.1, 0.15) is 16.5 Å². The molecule has 1 amide bonds. The molecule has 7 nitrogen and oxygen atoms in total. The molecule has 0 radical (unpaired) electrons. The van der Waals surface area contributed by atoms with Gasteiger partial charge in [-0.2, -0.15) is 0 Å². The van der Waals surface area contributed by atoms with Crippen LogP contribution in [0.3, 0.4) is 0 Å². The first kappa shape index (κ1) is 13.3. The zero-order valence-electron chi connectivity index (χ0n) is 10.8. The Hall–Kier alpha value is -2.09. The number of nitrogens with zero attached hydrogens (tertiary/aromatic N) is 3. The van der Waals surface area contributed by atoms with Crippen molar-refractivity contribution in [2.75, 3.05) is 17.6 Å². The number of nitrogens with two attached hydrogens (primary N) is 1. The van der Waals surface area contributed by atoms with E-state index < -0.39 is 0 Å². The molecular weight excluding hydrogens is 264 g/mol. The van der Waals surface area contributed by atoms with Gasteiger partial charge < -0.3 is 20.9 Å². The molecule has 8 heteroatoms. The lowest BCUT2D eigenvalue weighted by molar-refractivity contribution is 0.0954. The maximum atomic E-state index is 12.0. The van der Waals surface area contributed by atoms with Crippen molar-refractivity contribution < 1.29 is 4.79 Å². The SMILES string of the molecule is CCNc1nc(N)c(C(=O)NCc2nccn2C)s1. The second-order valence-corrected chi connectivity index (χ2v) is 4.90. The number of aromatic nitrogens is 3. The zero-order valence-corrected chi connectivity index (χ0v) is 11.6. The molecule has 0 bridgehead atoms. The molecule has 0 aromatic carbocycles. The molecule has 0 fully saturated rings. The summed E-state index contributed by atoms with van der Waals surface area (Å²) in [5.41, 5.74) is 5.73. The van der Waals surface area contributed by atoms with Crippen LogP contribution in [0, 0.1) is 0 Å². The van der Waals surface area contributed by atoms with Crippen LogP contribution in [0.15, 0.2) is 12.4 Å². The van der Waals surface area contributed by atoms with Gasteiger partial charge in [0.05, 0.1) is 6.54 Å². The van der Waals surface area contributed by atoms with Crippen molar-refractivity contribution in [3.63, 3.8) is 0 Å². The van der Waals surface area contributed by atoms with E-state index in [4.69, 9.17) is 5.73 Å². The summed E-state index contributed by atoms with van der Waals surface area (Å²) in [6.07, 6.45) is 3.51. The Morgan fingerprint density at radius 3 is 3.00 bits per heavy atom. The Bertz CT molecular complexity index is 576. The smallest absolute Gasteiger partial charge is 0.265 e. The van der Waals surface area contributed by atoms with Crippen LogP contribution in [0.4, 0.5) is 10.9 Å². The van der Waals surface area contributed by atoms with Gasteiger partial charge in [0, 0.05) is 26.0 Å². The van der Waals surface area contributed by atoms with Crippen molar-refractivity contribution in [3.05, 3.63) is 23.1 Å². The molecule has 0 spiro atoms. The summed E-state index contributed by atoms with van der Waals surface area (Å²) in [6, 6.07) is 0. The standard InChI is InChI=1S/C11H16N6OS/c1-3-13-11-16-9(12)8(19-11)10(18)15-6-7-14-4-5-17(7)2/h4-5H,3,6,12H2,1-2H3,(H,13,16)(H,15,18). The topological polar surface area (TPSA) is 97.9 Å². The summed E-state index contributed by atoms with van der Waals surface area (Å²) in [6.45, 7) is 3.05.